The second-order valence-corrected chi connectivity index (χ2v) is 5.88. The second kappa shape index (κ2) is 7.73. The molecule has 110 valence electrons. The summed E-state index contributed by atoms with van der Waals surface area (Å²) in [4.78, 5) is 17.0. The first-order chi connectivity index (χ1) is 9.33. The highest BCUT2D eigenvalue weighted by molar-refractivity contribution is 5.75. The Bertz CT molecular complexity index is 269. The normalized spacial score (nSPS) is 24.9. The maximum atomic E-state index is 12.8. The molecule has 2 saturated heterocycles. The van der Waals surface area contributed by atoms with E-state index >= 15 is 0 Å². The Morgan fingerprint density at radius 2 is 1.95 bits per heavy atom. The molecule has 2 aliphatic rings. The molecule has 0 aromatic heterocycles. The standard InChI is InChI=1S/C15H29N3O/c1-2-10-18(14-8-7-9-16-13-14)15(19)17-11-5-3-4-6-12-17/h14,16H,2-13H2,1H3. The van der Waals surface area contributed by atoms with E-state index in [1.807, 2.05) is 0 Å². The fraction of sp³-hybridized carbons (Fsp3) is 0.933. The third kappa shape index (κ3) is 4.10. The number of piperidine rings is 1. The van der Waals surface area contributed by atoms with Crippen molar-refractivity contribution >= 4 is 6.03 Å². The van der Waals surface area contributed by atoms with Crippen molar-refractivity contribution in [1.29, 1.82) is 0 Å². The fourth-order valence-electron chi connectivity index (χ4n) is 3.22. The van der Waals surface area contributed by atoms with Gasteiger partial charge in [-0.2, -0.15) is 0 Å². The maximum Gasteiger partial charge on any atom is 0.320 e. The average molecular weight is 267 g/mol. The van der Waals surface area contributed by atoms with Gasteiger partial charge in [0.25, 0.3) is 0 Å². The molecule has 2 aliphatic heterocycles. The lowest BCUT2D eigenvalue weighted by molar-refractivity contribution is 0.124. The molecule has 2 fully saturated rings. The largest absolute Gasteiger partial charge is 0.325 e. The topological polar surface area (TPSA) is 35.6 Å². The highest BCUT2D eigenvalue weighted by Crippen LogP contribution is 2.17. The van der Waals surface area contributed by atoms with Gasteiger partial charge in [0.1, 0.15) is 0 Å². The summed E-state index contributed by atoms with van der Waals surface area (Å²) in [7, 11) is 0. The zero-order valence-corrected chi connectivity index (χ0v) is 12.4. The summed E-state index contributed by atoms with van der Waals surface area (Å²) in [5.41, 5.74) is 0. The van der Waals surface area contributed by atoms with Gasteiger partial charge in [0, 0.05) is 32.2 Å². The third-order valence-electron chi connectivity index (χ3n) is 4.30. The van der Waals surface area contributed by atoms with E-state index in [-0.39, 0.29) is 6.03 Å². The van der Waals surface area contributed by atoms with E-state index < -0.39 is 0 Å². The van der Waals surface area contributed by atoms with Gasteiger partial charge < -0.3 is 15.1 Å². The van der Waals surface area contributed by atoms with Crippen LogP contribution in [0.15, 0.2) is 0 Å². The molecule has 0 aromatic carbocycles. The van der Waals surface area contributed by atoms with E-state index in [4.69, 9.17) is 0 Å². The molecule has 4 heteroatoms. The van der Waals surface area contributed by atoms with Crippen molar-refractivity contribution in [2.45, 2.75) is 57.9 Å². The summed E-state index contributed by atoms with van der Waals surface area (Å²) in [5, 5.41) is 3.43. The van der Waals surface area contributed by atoms with Crippen LogP contribution in [0.5, 0.6) is 0 Å². The van der Waals surface area contributed by atoms with E-state index in [0.717, 1.165) is 45.6 Å². The van der Waals surface area contributed by atoms with Crippen LogP contribution < -0.4 is 5.32 Å². The van der Waals surface area contributed by atoms with Gasteiger partial charge in [0.05, 0.1) is 0 Å². The van der Waals surface area contributed by atoms with E-state index in [1.165, 1.54) is 32.1 Å². The average Bonchev–Trinajstić information content (AvgIpc) is 2.74. The number of amides is 2. The maximum absolute atomic E-state index is 12.8. The van der Waals surface area contributed by atoms with Crippen LogP contribution in [-0.2, 0) is 0 Å². The Labute approximate surface area is 117 Å². The third-order valence-corrected chi connectivity index (χ3v) is 4.30. The zero-order valence-electron chi connectivity index (χ0n) is 12.4. The van der Waals surface area contributed by atoms with E-state index in [0.29, 0.717) is 6.04 Å². The van der Waals surface area contributed by atoms with Gasteiger partial charge in [-0.15, -0.1) is 0 Å². The first kappa shape index (κ1) is 14.6. The van der Waals surface area contributed by atoms with E-state index in [1.54, 1.807) is 0 Å². The van der Waals surface area contributed by atoms with Gasteiger partial charge in [0.15, 0.2) is 0 Å². The molecule has 19 heavy (non-hydrogen) atoms. The number of hydrogen-bond donors (Lipinski definition) is 1. The van der Waals surface area contributed by atoms with Crippen molar-refractivity contribution < 1.29 is 4.79 Å². The zero-order chi connectivity index (χ0) is 13.5. The van der Waals surface area contributed by atoms with E-state index in [2.05, 4.69) is 22.0 Å². The molecule has 4 nitrogen and oxygen atoms in total. The molecule has 0 aromatic rings. The lowest BCUT2D eigenvalue weighted by Gasteiger charge is -2.37. The predicted octanol–water partition coefficient (Wildman–Crippen LogP) is 2.45. The van der Waals surface area contributed by atoms with Gasteiger partial charge in [-0.25, -0.2) is 4.79 Å². The monoisotopic (exact) mass is 267 g/mol. The molecule has 0 radical (unpaired) electrons. The number of carbonyl (C=O) groups excluding carboxylic acids is 1. The van der Waals surface area contributed by atoms with Crippen LogP contribution in [0.1, 0.15) is 51.9 Å². The molecule has 1 N–H and O–H groups in total. The summed E-state index contributed by atoms with van der Waals surface area (Å²) in [6.07, 6.45) is 8.31. The van der Waals surface area contributed by atoms with Crippen molar-refractivity contribution in [1.82, 2.24) is 15.1 Å². The molecule has 1 unspecified atom stereocenters. The minimum Gasteiger partial charge on any atom is -0.325 e. The molecule has 0 saturated carbocycles. The van der Waals surface area contributed by atoms with Crippen molar-refractivity contribution in [3.05, 3.63) is 0 Å². The lowest BCUT2D eigenvalue weighted by Crippen LogP contribution is -2.53. The smallest absolute Gasteiger partial charge is 0.320 e. The number of likely N-dealkylation sites (tertiary alicyclic amines) is 1. The molecule has 2 rings (SSSR count). The van der Waals surface area contributed by atoms with Gasteiger partial charge in [-0.1, -0.05) is 19.8 Å². The second-order valence-electron chi connectivity index (χ2n) is 5.88. The van der Waals surface area contributed by atoms with Crippen molar-refractivity contribution in [2.24, 2.45) is 0 Å². The van der Waals surface area contributed by atoms with Crippen molar-refractivity contribution in [3.8, 4) is 0 Å². The summed E-state index contributed by atoms with van der Waals surface area (Å²) in [5.74, 6) is 0. The van der Waals surface area contributed by atoms with Crippen LogP contribution in [0.2, 0.25) is 0 Å². The number of urea groups is 1. The quantitative estimate of drug-likeness (QED) is 0.852. The Balaban J connectivity index is 1.97. The van der Waals surface area contributed by atoms with Gasteiger partial charge in [0.2, 0.25) is 0 Å². The first-order valence-corrected chi connectivity index (χ1v) is 8.09. The number of carbonyl (C=O) groups is 1. The fourth-order valence-corrected chi connectivity index (χ4v) is 3.22. The van der Waals surface area contributed by atoms with Gasteiger partial charge in [-0.05, 0) is 38.6 Å². The van der Waals surface area contributed by atoms with Gasteiger partial charge in [-0.3, -0.25) is 0 Å². The predicted molar refractivity (Wildman–Crippen MR) is 78.3 cm³/mol. The number of nitrogens with one attached hydrogen (secondary N) is 1. The summed E-state index contributed by atoms with van der Waals surface area (Å²) in [6, 6.07) is 0.696. The van der Waals surface area contributed by atoms with Crippen LogP contribution in [0.3, 0.4) is 0 Å². The van der Waals surface area contributed by atoms with Gasteiger partial charge >= 0.3 is 6.03 Å². The SMILES string of the molecule is CCCN(C(=O)N1CCCCCC1)C1CCCNC1. The van der Waals surface area contributed by atoms with Crippen LogP contribution in [0, 0.1) is 0 Å². The molecule has 2 heterocycles. The molecule has 0 spiro atoms. The first-order valence-electron chi connectivity index (χ1n) is 8.09. The van der Waals surface area contributed by atoms with Crippen LogP contribution in [0.25, 0.3) is 0 Å². The minimum absolute atomic E-state index is 0.289. The Morgan fingerprint density at radius 3 is 2.53 bits per heavy atom. The van der Waals surface area contributed by atoms with E-state index in [9.17, 15) is 4.79 Å². The summed E-state index contributed by atoms with van der Waals surface area (Å²) >= 11 is 0. The summed E-state index contributed by atoms with van der Waals surface area (Å²) < 4.78 is 0. The Kier molecular flexibility index (Phi) is 5.95. The Morgan fingerprint density at radius 1 is 1.21 bits per heavy atom. The highest BCUT2D eigenvalue weighted by atomic mass is 16.2. The number of hydrogen-bond acceptors (Lipinski definition) is 2. The summed E-state index contributed by atoms with van der Waals surface area (Å²) in [6.45, 7) is 7.06. The van der Waals surface area contributed by atoms with Crippen LogP contribution >= 0.6 is 0 Å². The molecule has 1 atom stereocenters. The van der Waals surface area contributed by atoms with Crippen LogP contribution in [-0.4, -0.2) is 54.6 Å². The molecule has 2 amide bonds. The highest BCUT2D eigenvalue weighted by Gasteiger charge is 2.28. The number of rotatable bonds is 3. The number of nitrogens with zero attached hydrogens (tertiary/aromatic N) is 2. The Hall–Kier alpha value is -0.770. The minimum atomic E-state index is 0.289. The lowest BCUT2D eigenvalue weighted by atomic mass is 10.1. The van der Waals surface area contributed by atoms with Crippen molar-refractivity contribution in [3.63, 3.8) is 0 Å². The molecular formula is C15H29N3O. The molecule has 0 aliphatic carbocycles. The molecule has 0 bridgehead atoms. The molecular weight excluding hydrogens is 238 g/mol. The van der Waals surface area contributed by atoms with Crippen LogP contribution in [0.4, 0.5) is 4.79 Å². The van der Waals surface area contributed by atoms with Crippen molar-refractivity contribution in [2.75, 3.05) is 32.7 Å².